The van der Waals surface area contributed by atoms with Gasteiger partial charge in [-0.1, -0.05) is 11.6 Å². The van der Waals surface area contributed by atoms with E-state index < -0.39 is 11.8 Å². The van der Waals surface area contributed by atoms with E-state index in [1.54, 1.807) is 6.92 Å². The van der Waals surface area contributed by atoms with E-state index >= 15 is 0 Å². The van der Waals surface area contributed by atoms with Gasteiger partial charge >= 0.3 is 5.97 Å². The first-order valence-electron chi connectivity index (χ1n) is 7.05. The summed E-state index contributed by atoms with van der Waals surface area (Å²) in [6.45, 7) is 1.94. The van der Waals surface area contributed by atoms with Crippen LogP contribution < -0.4 is 0 Å². The third-order valence-corrected chi connectivity index (χ3v) is 3.55. The number of aromatic hydroxyl groups is 1. The molecule has 0 atom stereocenters. The first-order valence-corrected chi connectivity index (χ1v) is 7.42. The third-order valence-electron chi connectivity index (χ3n) is 3.32. The highest BCUT2D eigenvalue weighted by Crippen LogP contribution is 2.24. The Morgan fingerprint density at radius 2 is 2.08 bits per heavy atom. The Bertz CT molecular complexity index is 952. The van der Waals surface area contributed by atoms with Crippen LogP contribution in [-0.2, 0) is 4.74 Å². The molecule has 8 heteroatoms. The summed E-state index contributed by atoms with van der Waals surface area (Å²) in [6.07, 6.45) is 4.06. The monoisotopic (exact) mass is 345 g/mol. The fraction of sp³-hybridized carbons (Fsp3) is 0.125. The Kier molecular flexibility index (Phi) is 4.18. The van der Waals surface area contributed by atoms with Gasteiger partial charge in [0.05, 0.1) is 23.9 Å². The molecular weight excluding hydrogens is 334 g/mol. The minimum absolute atomic E-state index is 0.0569. The Morgan fingerprint density at radius 3 is 2.83 bits per heavy atom. The van der Waals surface area contributed by atoms with Crippen molar-refractivity contribution >= 4 is 29.0 Å². The maximum atomic E-state index is 12.5. The molecule has 2 heterocycles. The van der Waals surface area contributed by atoms with Gasteiger partial charge in [0.15, 0.2) is 11.4 Å². The van der Waals surface area contributed by atoms with Crippen LogP contribution in [0.3, 0.4) is 0 Å². The number of phenolic OH excluding ortho intramolecular Hbond substituents is 1. The number of nitrogens with zero attached hydrogens (tertiary/aromatic N) is 3. The first kappa shape index (κ1) is 15.9. The Balaban J connectivity index is 2.01. The molecule has 0 saturated heterocycles. The maximum absolute atomic E-state index is 12.5. The van der Waals surface area contributed by atoms with Gasteiger partial charge in [-0.15, -0.1) is 0 Å². The van der Waals surface area contributed by atoms with E-state index in [2.05, 4.69) is 10.1 Å². The predicted molar refractivity (Wildman–Crippen MR) is 85.5 cm³/mol. The largest absolute Gasteiger partial charge is 0.507 e. The van der Waals surface area contributed by atoms with Crippen LogP contribution in [-0.4, -0.2) is 38.1 Å². The zero-order chi connectivity index (χ0) is 17.3. The molecule has 0 fully saturated rings. The van der Waals surface area contributed by atoms with Gasteiger partial charge in [0.2, 0.25) is 0 Å². The number of carbonyl (C=O) groups excluding carboxylic acids is 2. The van der Waals surface area contributed by atoms with Crippen molar-refractivity contribution in [2.45, 2.75) is 6.92 Å². The van der Waals surface area contributed by atoms with Crippen LogP contribution in [0.5, 0.6) is 5.75 Å². The second-order valence-electron chi connectivity index (χ2n) is 4.88. The van der Waals surface area contributed by atoms with Crippen LogP contribution >= 0.6 is 11.6 Å². The molecule has 0 aliphatic carbocycles. The Morgan fingerprint density at radius 1 is 1.29 bits per heavy atom. The lowest BCUT2D eigenvalue weighted by Gasteiger charge is -2.05. The molecule has 7 nitrogen and oxygen atoms in total. The zero-order valence-corrected chi connectivity index (χ0v) is 13.3. The highest BCUT2D eigenvalue weighted by molar-refractivity contribution is 6.31. The number of carbonyl (C=O) groups is 2. The lowest BCUT2D eigenvalue weighted by molar-refractivity contribution is 0.0528. The van der Waals surface area contributed by atoms with Crippen LogP contribution in [0.25, 0.3) is 5.65 Å². The van der Waals surface area contributed by atoms with E-state index in [1.165, 1.54) is 41.3 Å². The van der Waals surface area contributed by atoms with Gasteiger partial charge in [-0.05, 0) is 25.1 Å². The normalized spacial score (nSPS) is 10.8. The summed E-state index contributed by atoms with van der Waals surface area (Å²) >= 11 is 5.86. The number of aromatic nitrogens is 3. The molecule has 0 radical (unpaired) electrons. The van der Waals surface area contributed by atoms with Crippen molar-refractivity contribution < 1.29 is 19.4 Å². The van der Waals surface area contributed by atoms with E-state index in [4.69, 9.17) is 16.3 Å². The minimum atomic E-state index is -0.536. The van der Waals surface area contributed by atoms with Gasteiger partial charge in [0.1, 0.15) is 11.3 Å². The number of esters is 1. The van der Waals surface area contributed by atoms with Gasteiger partial charge in [-0.2, -0.15) is 5.10 Å². The minimum Gasteiger partial charge on any atom is -0.507 e. The number of hydrogen-bond donors (Lipinski definition) is 1. The van der Waals surface area contributed by atoms with Crippen LogP contribution in [0, 0.1) is 0 Å². The molecule has 3 rings (SSSR count). The summed E-state index contributed by atoms with van der Waals surface area (Å²) in [7, 11) is 0. The summed E-state index contributed by atoms with van der Waals surface area (Å²) in [4.78, 5) is 28.4. The highest BCUT2D eigenvalue weighted by Gasteiger charge is 2.19. The Labute approximate surface area is 141 Å². The van der Waals surface area contributed by atoms with Crippen molar-refractivity contribution in [1.82, 2.24) is 14.6 Å². The summed E-state index contributed by atoms with van der Waals surface area (Å²) in [6, 6.07) is 4.19. The smallest absolute Gasteiger partial charge is 0.343 e. The van der Waals surface area contributed by atoms with Crippen LogP contribution in [0.2, 0.25) is 5.02 Å². The van der Waals surface area contributed by atoms with Crippen LogP contribution in [0.4, 0.5) is 0 Å². The van der Waals surface area contributed by atoms with Crippen molar-refractivity contribution in [3.63, 3.8) is 0 Å². The SMILES string of the molecule is CCOC(=O)c1cnn2cc(C(=O)c3cc(Cl)ccc3O)cnc12. The second kappa shape index (κ2) is 6.29. The molecular formula is C16H12ClN3O4. The van der Waals surface area contributed by atoms with Gasteiger partial charge in [0, 0.05) is 17.4 Å². The quantitative estimate of drug-likeness (QED) is 0.576. The molecule has 0 spiro atoms. The number of phenols is 1. The maximum Gasteiger partial charge on any atom is 0.343 e. The van der Waals surface area contributed by atoms with Crippen LogP contribution in [0.1, 0.15) is 33.2 Å². The topological polar surface area (TPSA) is 93.8 Å². The number of fused-ring (bicyclic) bond motifs is 1. The van der Waals surface area contributed by atoms with Crippen molar-refractivity contribution in [3.8, 4) is 5.75 Å². The standard InChI is InChI=1S/C16H12ClN3O4/c1-2-24-16(23)12-7-19-20-8-9(6-18-15(12)20)14(22)11-5-10(17)3-4-13(11)21/h3-8,21H,2H2,1H3. The summed E-state index contributed by atoms with van der Waals surface area (Å²) in [5, 5.41) is 14.2. The third kappa shape index (κ3) is 2.81. The van der Waals surface area contributed by atoms with E-state index in [9.17, 15) is 14.7 Å². The number of rotatable bonds is 4. The van der Waals surface area contributed by atoms with E-state index in [-0.39, 0.29) is 34.7 Å². The van der Waals surface area contributed by atoms with Crippen molar-refractivity contribution in [1.29, 1.82) is 0 Å². The molecule has 0 aliphatic rings. The van der Waals surface area contributed by atoms with Crippen molar-refractivity contribution in [2.24, 2.45) is 0 Å². The van der Waals surface area contributed by atoms with Gasteiger partial charge < -0.3 is 9.84 Å². The van der Waals surface area contributed by atoms with E-state index in [0.717, 1.165) is 0 Å². The van der Waals surface area contributed by atoms with E-state index in [1.807, 2.05) is 0 Å². The number of ketones is 1. The molecule has 0 amide bonds. The summed E-state index contributed by atoms with van der Waals surface area (Å²) in [5.74, 6) is -1.18. The molecule has 0 aliphatic heterocycles. The molecule has 1 aromatic carbocycles. The summed E-state index contributed by atoms with van der Waals surface area (Å²) in [5.41, 5.74) is 0.738. The average Bonchev–Trinajstić information content (AvgIpc) is 3.00. The highest BCUT2D eigenvalue weighted by atomic mass is 35.5. The van der Waals surface area contributed by atoms with Gasteiger partial charge in [-0.25, -0.2) is 14.3 Å². The number of benzene rings is 1. The average molecular weight is 346 g/mol. The fourth-order valence-electron chi connectivity index (χ4n) is 2.19. The van der Waals surface area contributed by atoms with E-state index in [0.29, 0.717) is 5.02 Å². The lowest BCUT2D eigenvalue weighted by atomic mass is 10.1. The predicted octanol–water partition coefficient (Wildman–Crippen LogP) is 2.50. The van der Waals surface area contributed by atoms with Crippen molar-refractivity contribution in [3.05, 3.63) is 58.5 Å². The zero-order valence-electron chi connectivity index (χ0n) is 12.6. The molecule has 3 aromatic rings. The first-order chi connectivity index (χ1) is 11.5. The number of ether oxygens (including phenoxy) is 1. The van der Waals surface area contributed by atoms with Gasteiger partial charge in [-0.3, -0.25) is 4.79 Å². The number of hydrogen-bond acceptors (Lipinski definition) is 6. The van der Waals surface area contributed by atoms with Crippen molar-refractivity contribution in [2.75, 3.05) is 6.61 Å². The molecule has 1 N–H and O–H groups in total. The summed E-state index contributed by atoms with van der Waals surface area (Å²) < 4.78 is 6.23. The lowest BCUT2D eigenvalue weighted by Crippen LogP contribution is -2.07. The van der Waals surface area contributed by atoms with Crippen LogP contribution in [0.15, 0.2) is 36.8 Å². The molecule has 0 unspecified atom stereocenters. The van der Waals surface area contributed by atoms with Gasteiger partial charge in [0.25, 0.3) is 0 Å². The molecule has 0 saturated carbocycles. The fourth-order valence-corrected chi connectivity index (χ4v) is 2.36. The Hall–Kier alpha value is -2.93. The molecule has 24 heavy (non-hydrogen) atoms. The second-order valence-corrected chi connectivity index (χ2v) is 5.32. The number of halogens is 1. The molecule has 0 bridgehead atoms. The molecule has 122 valence electrons. The molecule has 2 aromatic heterocycles.